The van der Waals surface area contributed by atoms with E-state index < -0.39 is 24.2 Å². The molecule has 1 fully saturated rings. The number of aliphatic carboxylic acids is 1. The molecule has 134 valence electrons. The number of benzene rings is 1. The number of ether oxygens (including phenoxy) is 2. The van der Waals surface area contributed by atoms with Crippen LogP contribution in [0.15, 0.2) is 24.3 Å². The largest absolute Gasteiger partial charge is 0.508 e. The smallest absolute Gasteiger partial charge is 0.320 e. The van der Waals surface area contributed by atoms with Gasteiger partial charge in [0.1, 0.15) is 17.9 Å². The molecule has 1 aliphatic heterocycles. The minimum absolute atomic E-state index is 0.0432. The molecule has 1 aromatic carbocycles. The Labute approximate surface area is 140 Å². The molecule has 0 unspecified atom stereocenters. The lowest BCUT2D eigenvalue weighted by Crippen LogP contribution is -2.48. The third-order valence-electron chi connectivity index (χ3n) is 3.54. The first-order chi connectivity index (χ1) is 11.2. The summed E-state index contributed by atoms with van der Waals surface area (Å²) in [5.74, 6) is -0.904. The van der Waals surface area contributed by atoms with Crippen LogP contribution in [0.4, 0.5) is 0 Å². The Kier molecular flexibility index (Phi) is 7.80. The fourth-order valence-electron chi connectivity index (χ4n) is 2.10. The second-order valence-corrected chi connectivity index (χ2v) is 5.50. The number of hydrogen-bond donors (Lipinski definition) is 4. The summed E-state index contributed by atoms with van der Waals surface area (Å²) in [5.41, 5.74) is 11.6. The third kappa shape index (κ3) is 6.25. The Morgan fingerprint density at radius 1 is 1.42 bits per heavy atom. The maximum atomic E-state index is 11.1. The summed E-state index contributed by atoms with van der Waals surface area (Å²) in [6.45, 7) is 1.69. The average Bonchev–Trinajstić information content (AvgIpc) is 2.54. The third-order valence-corrected chi connectivity index (χ3v) is 3.54. The van der Waals surface area contributed by atoms with E-state index in [4.69, 9.17) is 31.2 Å². The zero-order valence-electron chi connectivity index (χ0n) is 13.7. The van der Waals surface area contributed by atoms with Gasteiger partial charge in [0.2, 0.25) is 0 Å². The Morgan fingerprint density at radius 2 is 2.00 bits per heavy atom. The highest BCUT2D eigenvalue weighted by Crippen LogP contribution is 2.15. The van der Waals surface area contributed by atoms with Crippen molar-refractivity contribution >= 4 is 11.8 Å². The van der Waals surface area contributed by atoms with E-state index in [-0.39, 0.29) is 24.2 Å². The van der Waals surface area contributed by atoms with Crippen molar-refractivity contribution in [1.29, 1.82) is 0 Å². The predicted octanol–water partition coefficient (Wildman–Crippen LogP) is 0.0107. The van der Waals surface area contributed by atoms with Crippen molar-refractivity contribution in [2.45, 2.75) is 44.2 Å². The summed E-state index contributed by atoms with van der Waals surface area (Å²) in [4.78, 5) is 21.5. The Balaban J connectivity index is 0.000000243. The number of ketones is 1. The quantitative estimate of drug-likeness (QED) is 0.600. The summed E-state index contributed by atoms with van der Waals surface area (Å²) in [6, 6.07) is 5.00. The van der Waals surface area contributed by atoms with Crippen LogP contribution in [-0.4, -0.2) is 53.6 Å². The molecule has 0 saturated carbocycles. The molecule has 1 saturated heterocycles. The van der Waals surface area contributed by atoms with Gasteiger partial charge in [0.15, 0.2) is 12.1 Å². The number of rotatable bonds is 4. The number of phenolic OH excluding ortho intramolecular Hbond substituents is 1. The Hall–Kier alpha value is -2.00. The summed E-state index contributed by atoms with van der Waals surface area (Å²) in [7, 11) is 1.54. The van der Waals surface area contributed by atoms with Crippen LogP contribution in [0.25, 0.3) is 0 Å². The first-order valence-electron chi connectivity index (χ1n) is 7.48. The number of carbonyl (C=O) groups is 2. The van der Waals surface area contributed by atoms with Crippen molar-refractivity contribution in [2.24, 2.45) is 11.5 Å². The van der Waals surface area contributed by atoms with Crippen LogP contribution in [0.5, 0.6) is 5.75 Å². The van der Waals surface area contributed by atoms with Crippen LogP contribution >= 0.6 is 0 Å². The molecule has 4 atom stereocenters. The zero-order chi connectivity index (χ0) is 18.3. The highest BCUT2D eigenvalue weighted by molar-refractivity contribution is 5.88. The second-order valence-electron chi connectivity index (χ2n) is 5.50. The van der Waals surface area contributed by atoms with Crippen molar-refractivity contribution in [1.82, 2.24) is 0 Å². The number of carbonyl (C=O) groups excluding carboxylic acids is 1. The summed E-state index contributed by atoms with van der Waals surface area (Å²) in [5, 5.41) is 17.5. The minimum Gasteiger partial charge on any atom is -0.508 e. The molecule has 8 heteroatoms. The van der Waals surface area contributed by atoms with Crippen molar-refractivity contribution in [3.05, 3.63) is 29.8 Å². The SMILES string of the molecule is CO[C@H]1C[C@H](N)C(=O)[C@H](C)O1.N[C@@H](Cc1ccc(O)cc1)C(=O)O. The first kappa shape index (κ1) is 20.0. The zero-order valence-corrected chi connectivity index (χ0v) is 13.7. The Bertz CT molecular complexity index is 534. The van der Waals surface area contributed by atoms with Crippen molar-refractivity contribution in [3.63, 3.8) is 0 Å². The van der Waals surface area contributed by atoms with Gasteiger partial charge in [-0.25, -0.2) is 0 Å². The van der Waals surface area contributed by atoms with Crippen molar-refractivity contribution in [3.8, 4) is 5.75 Å². The highest BCUT2D eigenvalue weighted by Gasteiger charge is 2.32. The lowest BCUT2D eigenvalue weighted by atomic mass is 10.0. The molecule has 2 rings (SSSR count). The van der Waals surface area contributed by atoms with Gasteiger partial charge in [0.25, 0.3) is 0 Å². The maximum absolute atomic E-state index is 11.1. The van der Waals surface area contributed by atoms with Gasteiger partial charge >= 0.3 is 5.97 Å². The summed E-state index contributed by atoms with van der Waals surface area (Å²) >= 11 is 0. The van der Waals surface area contributed by atoms with Crippen LogP contribution in [0.2, 0.25) is 0 Å². The van der Waals surface area contributed by atoms with Crippen LogP contribution in [-0.2, 0) is 25.5 Å². The van der Waals surface area contributed by atoms with Gasteiger partial charge in [-0.1, -0.05) is 12.1 Å². The number of aromatic hydroxyl groups is 1. The molecule has 0 bridgehead atoms. The minimum atomic E-state index is -1.02. The number of phenols is 1. The van der Waals surface area contributed by atoms with E-state index in [1.165, 1.54) is 12.1 Å². The molecule has 8 nitrogen and oxygen atoms in total. The molecular weight excluding hydrogens is 316 g/mol. The molecule has 6 N–H and O–H groups in total. The molecule has 1 heterocycles. The monoisotopic (exact) mass is 340 g/mol. The number of methoxy groups -OCH3 is 1. The van der Waals surface area contributed by atoms with E-state index in [0.29, 0.717) is 6.42 Å². The topological polar surface area (TPSA) is 145 Å². The molecular formula is C16H24N2O6. The second kappa shape index (κ2) is 9.33. The van der Waals surface area contributed by atoms with E-state index in [1.54, 1.807) is 26.2 Å². The molecule has 24 heavy (non-hydrogen) atoms. The van der Waals surface area contributed by atoms with Gasteiger partial charge in [-0.15, -0.1) is 0 Å². The van der Waals surface area contributed by atoms with Gasteiger partial charge in [-0.05, 0) is 31.0 Å². The number of Topliss-reactive ketones (excluding diaryl/α,β-unsaturated/α-hetero) is 1. The standard InChI is InChI=1S/C9H11NO3.C7H13NO3/c10-8(9(12)13)5-6-1-3-7(11)4-2-6;1-4-7(9)5(8)3-6(10-2)11-4/h1-4,8,11H,5,10H2,(H,12,13);4-6H,3,8H2,1-2H3/t8-;4-,5-,6+/m00/s1. The van der Waals surface area contributed by atoms with E-state index >= 15 is 0 Å². The summed E-state index contributed by atoms with van der Waals surface area (Å²) < 4.78 is 10.1. The predicted molar refractivity (Wildman–Crippen MR) is 86.4 cm³/mol. The average molecular weight is 340 g/mol. The normalized spacial score (nSPS) is 24.7. The molecule has 0 radical (unpaired) electrons. The van der Waals surface area contributed by atoms with Gasteiger partial charge in [-0.2, -0.15) is 0 Å². The molecule has 0 aliphatic carbocycles. The van der Waals surface area contributed by atoms with Crippen molar-refractivity contribution in [2.75, 3.05) is 7.11 Å². The molecule has 0 aromatic heterocycles. The molecule has 0 amide bonds. The van der Waals surface area contributed by atoms with Gasteiger partial charge < -0.3 is 31.2 Å². The number of hydrogen-bond acceptors (Lipinski definition) is 7. The maximum Gasteiger partial charge on any atom is 0.320 e. The first-order valence-corrected chi connectivity index (χ1v) is 7.48. The molecule has 1 aliphatic rings. The van der Waals surface area contributed by atoms with Crippen LogP contribution in [0.3, 0.4) is 0 Å². The van der Waals surface area contributed by atoms with E-state index in [0.717, 1.165) is 5.56 Å². The van der Waals surface area contributed by atoms with E-state index in [2.05, 4.69) is 0 Å². The fourth-order valence-corrected chi connectivity index (χ4v) is 2.10. The molecule has 1 aromatic rings. The van der Waals surface area contributed by atoms with Crippen LogP contribution in [0, 0.1) is 0 Å². The fraction of sp³-hybridized carbons (Fsp3) is 0.500. The lowest BCUT2D eigenvalue weighted by molar-refractivity contribution is -0.185. The molecule has 0 spiro atoms. The van der Waals surface area contributed by atoms with E-state index in [9.17, 15) is 9.59 Å². The van der Waals surface area contributed by atoms with Gasteiger partial charge in [-0.3, -0.25) is 9.59 Å². The number of carboxylic acids is 1. The highest BCUT2D eigenvalue weighted by atomic mass is 16.7. The van der Waals surface area contributed by atoms with Crippen LogP contribution in [0.1, 0.15) is 18.9 Å². The van der Waals surface area contributed by atoms with Crippen molar-refractivity contribution < 1.29 is 29.3 Å². The number of nitrogens with two attached hydrogens (primary N) is 2. The Morgan fingerprint density at radius 3 is 2.46 bits per heavy atom. The number of carboxylic acid groups (broad SMARTS) is 1. The summed E-state index contributed by atoms with van der Waals surface area (Å²) in [6.07, 6.45) is -0.0173. The van der Waals surface area contributed by atoms with Gasteiger partial charge in [0, 0.05) is 13.5 Å². The van der Waals surface area contributed by atoms with Crippen LogP contribution < -0.4 is 11.5 Å². The lowest BCUT2D eigenvalue weighted by Gasteiger charge is -2.29. The van der Waals surface area contributed by atoms with Gasteiger partial charge in [0.05, 0.1) is 6.04 Å². The van der Waals surface area contributed by atoms with E-state index in [1.807, 2.05) is 0 Å².